The maximum atomic E-state index is 12.8. The SMILES string of the molecule is COCCN(CCOC)c1ccc(NC(=O)C=C(C)c2ccc3ccccc3c2)c(C(=O)OC)c1. The van der Waals surface area contributed by atoms with Gasteiger partial charge in [-0.3, -0.25) is 4.79 Å². The molecule has 0 aromatic heterocycles. The van der Waals surface area contributed by atoms with Crippen molar-refractivity contribution < 1.29 is 23.8 Å². The number of carbonyl (C=O) groups is 2. The van der Waals surface area contributed by atoms with E-state index in [-0.39, 0.29) is 11.5 Å². The minimum absolute atomic E-state index is 0.273. The van der Waals surface area contributed by atoms with E-state index >= 15 is 0 Å². The maximum Gasteiger partial charge on any atom is 0.340 e. The Kier molecular flexibility index (Phi) is 9.40. The summed E-state index contributed by atoms with van der Waals surface area (Å²) >= 11 is 0. The molecule has 0 radical (unpaired) electrons. The van der Waals surface area contributed by atoms with Crippen molar-refractivity contribution in [3.8, 4) is 0 Å². The van der Waals surface area contributed by atoms with Crippen LogP contribution in [0.25, 0.3) is 16.3 Å². The number of fused-ring (bicyclic) bond motifs is 1. The van der Waals surface area contributed by atoms with Crippen LogP contribution in [0.15, 0.2) is 66.7 Å². The van der Waals surface area contributed by atoms with Crippen molar-refractivity contribution in [3.05, 3.63) is 77.9 Å². The zero-order valence-electron chi connectivity index (χ0n) is 20.7. The molecule has 0 atom stereocenters. The van der Waals surface area contributed by atoms with Gasteiger partial charge in [0.1, 0.15) is 0 Å². The van der Waals surface area contributed by atoms with Crippen LogP contribution >= 0.6 is 0 Å². The highest BCUT2D eigenvalue weighted by Crippen LogP contribution is 2.25. The van der Waals surface area contributed by atoms with Gasteiger partial charge in [-0.2, -0.15) is 0 Å². The first kappa shape index (κ1) is 25.9. The summed E-state index contributed by atoms with van der Waals surface area (Å²) < 4.78 is 15.4. The van der Waals surface area contributed by atoms with E-state index in [0.717, 1.165) is 27.6 Å². The average Bonchev–Trinajstić information content (AvgIpc) is 2.88. The van der Waals surface area contributed by atoms with Gasteiger partial charge in [0.2, 0.25) is 5.91 Å². The first-order valence-corrected chi connectivity index (χ1v) is 11.4. The third-order valence-corrected chi connectivity index (χ3v) is 5.71. The molecule has 7 heteroatoms. The lowest BCUT2D eigenvalue weighted by atomic mass is 10.0. The van der Waals surface area contributed by atoms with Crippen molar-refractivity contribution in [2.45, 2.75) is 6.92 Å². The van der Waals surface area contributed by atoms with Gasteiger partial charge in [0.05, 0.1) is 31.6 Å². The Morgan fingerprint density at radius 3 is 2.23 bits per heavy atom. The van der Waals surface area contributed by atoms with E-state index in [1.165, 1.54) is 13.2 Å². The molecule has 3 aromatic carbocycles. The number of rotatable bonds is 11. The second kappa shape index (κ2) is 12.7. The summed E-state index contributed by atoms with van der Waals surface area (Å²) in [6.45, 7) is 4.18. The molecule has 0 bridgehead atoms. The average molecular weight is 477 g/mol. The fourth-order valence-corrected chi connectivity index (χ4v) is 3.77. The molecule has 3 aromatic rings. The van der Waals surface area contributed by atoms with Crippen molar-refractivity contribution in [3.63, 3.8) is 0 Å². The number of ether oxygens (including phenoxy) is 3. The molecule has 0 saturated heterocycles. The summed E-state index contributed by atoms with van der Waals surface area (Å²) in [5.74, 6) is -0.861. The van der Waals surface area contributed by atoms with E-state index in [2.05, 4.69) is 22.3 Å². The fraction of sp³-hybridized carbons (Fsp3) is 0.286. The molecule has 0 spiro atoms. The lowest BCUT2D eigenvalue weighted by Gasteiger charge is -2.25. The lowest BCUT2D eigenvalue weighted by Crippen LogP contribution is -2.31. The second-order valence-corrected chi connectivity index (χ2v) is 8.07. The van der Waals surface area contributed by atoms with Crippen molar-refractivity contribution in [2.75, 3.05) is 57.8 Å². The molecular formula is C28H32N2O5. The molecule has 1 N–H and O–H groups in total. The number of hydrogen-bond acceptors (Lipinski definition) is 6. The number of nitrogens with one attached hydrogen (secondary N) is 1. The van der Waals surface area contributed by atoms with E-state index < -0.39 is 5.97 Å². The standard InChI is InChI=1S/C28H32N2O5/c1-20(22-10-9-21-7-5-6-8-23(21)18-22)17-27(31)29-26-12-11-24(19-25(26)28(32)35-4)30(13-15-33-2)14-16-34-3/h5-12,17-19H,13-16H2,1-4H3,(H,29,31). The summed E-state index contributed by atoms with van der Waals surface area (Å²) in [4.78, 5) is 27.4. The molecule has 184 valence electrons. The molecular weight excluding hydrogens is 444 g/mol. The third-order valence-electron chi connectivity index (χ3n) is 5.71. The summed E-state index contributed by atoms with van der Waals surface area (Å²) in [5.41, 5.74) is 3.23. The lowest BCUT2D eigenvalue weighted by molar-refractivity contribution is -0.111. The van der Waals surface area contributed by atoms with Crippen molar-refractivity contribution in [1.29, 1.82) is 0 Å². The maximum absolute atomic E-state index is 12.8. The number of carbonyl (C=O) groups excluding carboxylic acids is 2. The summed E-state index contributed by atoms with van der Waals surface area (Å²) in [6.07, 6.45) is 1.53. The van der Waals surface area contributed by atoms with Gasteiger partial charge in [-0.25, -0.2) is 4.79 Å². The molecule has 0 saturated carbocycles. The zero-order chi connectivity index (χ0) is 25.2. The molecule has 0 aliphatic carbocycles. The van der Waals surface area contributed by atoms with Gasteiger partial charge in [0.25, 0.3) is 0 Å². The van der Waals surface area contributed by atoms with Crippen LogP contribution in [0.5, 0.6) is 0 Å². The topological polar surface area (TPSA) is 77.1 Å². The smallest absolute Gasteiger partial charge is 0.340 e. The minimum atomic E-state index is -0.532. The van der Waals surface area contributed by atoms with E-state index in [1.54, 1.807) is 26.4 Å². The first-order chi connectivity index (χ1) is 17.0. The predicted octanol–water partition coefficient (Wildman–Crippen LogP) is 4.77. The van der Waals surface area contributed by atoms with Crippen LogP contribution in [0.2, 0.25) is 0 Å². The Morgan fingerprint density at radius 2 is 1.57 bits per heavy atom. The van der Waals surface area contributed by atoms with Crippen LogP contribution in [0.1, 0.15) is 22.8 Å². The Balaban J connectivity index is 1.84. The molecule has 3 rings (SSSR count). The van der Waals surface area contributed by atoms with Gasteiger partial charge < -0.3 is 24.4 Å². The van der Waals surface area contributed by atoms with Crippen LogP contribution in [0.4, 0.5) is 11.4 Å². The molecule has 0 unspecified atom stereocenters. The Bertz CT molecular complexity index is 1200. The van der Waals surface area contributed by atoms with Gasteiger partial charge >= 0.3 is 5.97 Å². The molecule has 1 amide bonds. The largest absolute Gasteiger partial charge is 0.465 e. The van der Waals surface area contributed by atoms with Crippen LogP contribution in [0, 0.1) is 0 Å². The second-order valence-electron chi connectivity index (χ2n) is 8.07. The highest BCUT2D eigenvalue weighted by Gasteiger charge is 2.17. The number of benzene rings is 3. The molecule has 0 heterocycles. The number of nitrogens with zero attached hydrogens (tertiary/aromatic N) is 1. The van der Waals surface area contributed by atoms with Gasteiger partial charge in [0, 0.05) is 39.1 Å². The number of hydrogen-bond donors (Lipinski definition) is 1. The van der Waals surface area contributed by atoms with Crippen LogP contribution in [-0.2, 0) is 19.0 Å². The fourth-order valence-electron chi connectivity index (χ4n) is 3.77. The van der Waals surface area contributed by atoms with Crippen molar-refractivity contribution in [1.82, 2.24) is 0 Å². The first-order valence-electron chi connectivity index (χ1n) is 11.4. The quantitative estimate of drug-likeness (QED) is 0.317. The zero-order valence-corrected chi connectivity index (χ0v) is 20.7. The monoisotopic (exact) mass is 476 g/mol. The molecule has 0 aliphatic heterocycles. The third kappa shape index (κ3) is 6.91. The van der Waals surface area contributed by atoms with Gasteiger partial charge in [-0.05, 0) is 53.1 Å². The van der Waals surface area contributed by atoms with Crippen LogP contribution in [0.3, 0.4) is 0 Å². The Labute approximate surface area is 206 Å². The van der Waals surface area contributed by atoms with E-state index in [0.29, 0.717) is 32.0 Å². The molecule has 0 fully saturated rings. The van der Waals surface area contributed by atoms with Crippen molar-refractivity contribution >= 4 is 39.6 Å². The highest BCUT2D eigenvalue weighted by molar-refractivity contribution is 6.08. The molecule has 35 heavy (non-hydrogen) atoms. The number of esters is 1. The van der Waals surface area contributed by atoms with Gasteiger partial charge in [-0.15, -0.1) is 0 Å². The van der Waals surface area contributed by atoms with E-state index in [1.807, 2.05) is 43.3 Å². The summed E-state index contributed by atoms with van der Waals surface area (Å²) in [5, 5.41) is 5.08. The van der Waals surface area contributed by atoms with Gasteiger partial charge in [0.15, 0.2) is 0 Å². The number of anilines is 2. The van der Waals surface area contributed by atoms with E-state index in [9.17, 15) is 9.59 Å². The van der Waals surface area contributed by atoms with Crippen LogP contribution in [-0.4, -0.2) is 59.5 Å². The summed E-state index contributed by atoms with van der Waals surface area (Å²) in [7, 11) is 4.60. The Morgan fingerprint density at radius 1 is 0.886 bits per heavy atom. The van der Waals surface area contributed by atoms with Crippen molar-refractivity contribution in [2.24, 2.45) is 0 Å². The highest BCUT2D eigenvalue weighted by atomic mass is 16.5. The number of allylic oxidation sites excluding steroid dienone is 1. The Hall–Kier alpha value is -3.68. The predicted molar refractivity (Wildman–Crippen MR) is 140 cm³/mol. The minimum Gasteiger partial charge on any atom is -0.465 e. The van der Waals surface area contributed by atoms with Gasteiger partial charge in [-0.1, -0.05) is 36.4 Å². The molecule has 7 nitrogen and oxygen atoms in total. The van der Waals surface area contributed by atoms with Crippen LogP contribution < -0.4 is 10.2 Å². The number of amides is 1. The molecule has 0 aliphatic rings. The normalized spacial score (nSPS) is 11.4. The summed E-state index contributed by atoms with van der Waals surface area (Å²) in [6, 6.07) is 19.4. The van der Waals surface area contributed by atoms with E-state index in [4.69, 9.17) is 14.2 Å². The number of methoxy groups -OCH3 is 3.